The lowest BCUT2D eigenvalue weighted by atomic mass is 10.1. The molecule has 90 valence electrons. The lowest BCUT2D eigenvalue weighted by molar-refractivity contribution is 0.618. The molecule has 0 fully saturated rings. The van der Waals surface area contributed by atoms with Crippen molar-refractivity contribution in [2.24, 2.45) is 0 Å². The van der Waals surface area contributed by atoms with Gasteiger partial charge in [-0.25, -0.2) is 9.37 Å². The van der Waals surface area contributed by atoms with Gasteiger partial charge in [0.2, 0.25) is 0 Å². The monoisotopic (exact) mass is 233 g/mol. The van der Waals surface area contributed by atoms with Crippen molar-refractivity contribution in [3.05, 3.63) is 53.4 Å². The van der Waals surface area contributed by atoms with Gasteiger partial charge >= 0.3 is 0 Å². The molecule has 0 atom stereocenters. The smallest absolute Gasteiger partial charge is 0.123 e. The Morgan fingerprint density at radius 3 is 3.06 bits per heavy atom. The van der Waals surface area contributed by atoms with E-state index in [0.717, 1.165) is 29.9 Å². The Hall–Kier alpha value is -1.68. The molecule has 0 spiro atoms. The van der Waals surface area contributed by atoms with Crippen LogP contribution < -0.4 is 5.32 Å². The summed E-state index contributed by atoms with van der Waals surface area (Å²) in [6.45, 7) is 3.50. The molecule has 1 aromatic carbocycles. The first-order valence-corrected chi connectivity index (χ1v) is 5.70. The van der Waals surface area contributed by atoms with Crippen LogP contribution in [0.1, 0.15) is 17.0 Å². The van der Waals surface area contributed by atoms with Gasteiger partial charge in [-0.1, -0.05) is 6.07 Å². The zero-order chi connectivity index (χ0) is 12.1. The minimum absolute atomic E-state index is 0.182. The topological polar surface area (TPSA) is 40.7 Å². The summed E-state index contributed by atoms with van der Waals surface area (Å²) in [6, 6.07) is 4.87. The zero-order valence-corrected chi connectivity index (χ0v) is 9.83. The Morgan fingerprint density at radius 2 is 2.29 bits per heavy atom. The third-order valence-corrected chi connectivity index (χ3v) is 2.72. The number of nitrogens with one attached hydrogen (secondary N) is 2. The Balaban J connectivity index is 1.80. The zero-order valence-electron chi connectivity index (χ0n) is 9.83. The highest BCUT2D eigenvalue weighted by atomic mass is 19.1. The molecule has 0 bridgehead atoms. The predicted molar refractivity (Wildman–Crippen MR) is 65.1 cm³/mol. The number of aryl methyl sites for hydroxylation is 1. The molecule has 0 radical (unpaired) electrons. The van der Waals surface area contributed by atoms with Gasteiger partial charge in [-0.05, 0) is 30.2 Å². The van der Waals surface area contributed by atoms with Crippen molar-refractivity contribution in [1.82, 2.24) is 15.3 Å². The van der Waals surface area contributed by atoms with E-state index >= 15 is 0 Å². The second-order valence-electron chi connectivity index (χ2n) is 4.03. The van der Waals surface area contributed by atoms with Crippen LogP contribution in [0.5, 0.6) is 0 Å². The SMILES string of the molecule is Cc1ccc(F)cc1CNCCc1ncc[nH]1. The molecule has 2 aromatic rings. The van der Waals surface area contributed by atoms with Gasteiger partial charge in [-0.2, -0.15) is 0 Å². The van der Waals surface area contributed by atoms with Gasteiger partial charge in [0.25, 0.3) is 0 Å². The Morgan fingerprint density at radius 1 is 1.41 bits per heavy atom. The average molecular weight is 233 g/mol. The summed E-state index contributed by atoms with van der Waals surface area (Å²) < 4.78 is 13.0. The van der Waals surface area contributed by atoms with Crippen LogP contribution in [-0.4, -0.2) is 16.5 Å². The van der Waals surface area contributed by atoms with Crippen molar-refractivity contribution in [2.45, 2.75) is 19.9 Å². The van der Waals surface area contributed by atoms with Crippen LogP contribution in [0.4, 0.5) is 4.39 Å². The maximum Gasteiger partial charge on any atom is 0.123 e. The van der Waals surface area contributed by atoms with E-state index in [-0.39, 0.29) is 5.82 Å². The summed E-state index contributed by atoms with van der Waals surface area (Å²) in [7, 11) is 0. The quantitative estimate of drug-likeness (QED) is 0.777. The third-order valence-electron chi connectivity index (χ3n) is 2.72. The van der Waals surface area contributed by atoms with Crippen LogP contribution in [0.2, 0.25) is 0 Å². The Labute approximate surface area is 100 Å². The number of hydrogen-bond donors (Lipinski definition) is 2. The molecule has 0 aliphatic rings. The highest BCUT2D eigenvalue weighted by Gasteiger charge is 2.00. The number of nitrogens with zero attached hydrogens (tertiary/aromatic N) is 1. The second kappa shape index (κ2) is 5.59. The molecule has 3 nitrogen and oxygen atoms in total. The van der Waals surface area contributed by atoms with E-state index in [9.17, 15) is 4.39 Å². The first kappa shape index (κ1) is 11.8. The summed E-state index contributed by atoms with van der Waals surface area (Å²) in [5.74, 6) is 0.784. The van der Waals surface area contributed by atoms with Gasteiger partial charge < -0.3 is 10.3 Å². The van der Waals surface area contributed by atoms with Crippen LogP contribution in [0, 0.1) is 12.7 Å². The van der Waals surface area contributed by atoms with Gasteiger partial charge in [0.05, 0.1) is 0 Å². The highest BCUT2D eigenvalue weighted by molar-refractivity contribution is 5.26. The molecule has 0 unspecified atom stereocenters. The molecule has 17 heavy (non-hydrogen) atoms. The van der Waals surface area contributed by atoms with E-state index < -0.39 is 0 Å². The van der Waals surface area contributed by atoms with E-state index in [2.05, 4.69) is 15.3 Å². The summed E-state index contributed by atoms with van der Waals surface area (Å²) >= 11 is 0. The highest BCUT2D eigenvalue weighted by Crippen LogP contribution is 2.09. The van der Waals surface area contributed by atoms with Crippen molar-refractivity contribution in [1.29, 1.82) is 0 Å². The first-order valence-electron chi connectivity index (χ1n) is 5.70. The largest absolute Gasteiger partial charge is 0.349 e. The van der Waals surface area contributed by atoms with E-state index in [1.165, 1.54) is 6.07 Å². The predicted octanol–water partition coefficient (Wildman–Crippen LogP) is 2.19. The van der Waals surface area contributed by atoms with Gasteiger partial charge in [0, 0.05) is 31.9 Å². The molecule has 0 amide bonds. The van der Waals surface area contributed by atoms with Crippen LogP contribution >= 0.6 is 0 Å². The number of H-pyrrole nitrogens is 1. The minimum Gasteiger partial charge on any atom is -0.349 e. The fourth-order valence-corrected chi connectivity index (χ4v) is 1.70. The maximum atomic E-state index is 13.0. The standard InChI is InChI=1S/C13H16FN3/c1-10-2-3-12(14)8-11(10)9-15-5-4-13-16-6-7-17-13/h2-3,6-8,15H,4-5,9H2,1H3,(H,16,17). The van der Waals surface area contributed by atoms with E-state index in [4.69, 9.17) is 0 Å². The first-order chi connectivity index (χ1) is 8.25. The summed E-state index contributed by atoms with van der Waals surface area (Å²) in [6.07, 6.45) is 4.40. The Kier molecular flexibility index (Phi) is 3.88. The number of aromatic nitrogens is 2. The molecule has 0 aliphatic carbocycles. The summed E-state index contributed by atoms with van der Waals surface area (Å²) in [5.41, 5.74) is 2.11. The van der Waals surface area contributed by atoms with Gasteiger partial charge in [-0.3, -0.25) is 0 Å². The lowest BCUT2D eigenvalue weighted by Gasteiger charge is -2.07. The van der Waals surface area contributed by atoms with Gasteiger partial charge in [0.1, 0.15) is 11.6 Å². The normalized spacial score (nSPS) is 10.7. The van der Waals surface area contributed by atoms with Crippen molar-refractivity contribution in [2.75, 3.05) is 6.54 Å². The molecule has 0 aliphatic heterocycles. The van der Waals surface area contributed by atoms with Crippen molar-refractivity contribution in [3.8, 4) is 0 Å². The number of hydrogen-bond acceptors (Lipinski definition) is 2. The van der Waals surface area contributed by atoms with Crippen molar-refractivity contribution >= 4 is 0 Å². The third kappa shape index (κ3) is 3.39. The number of halogens is 1. The molecular weight excluding hydrogens is 217 g/mol. The summed E-state index contributed by atoms with van der Waals surface area (Å²) in [4.78, 5) is 7.18. The van der Waals surface area contributed by atoms with Crippen LogP contribution in [-0.2, 0) is 13.0 Å². The number of aromatic amines is 1. The van der Waals surface area contributed by atoms with Crippen molar-refractivity contribution < 1.29 is 4.39 Å². The molecule has 2 N–H and O–H groups in total. The van der Waals surface area contributed by atoms with Crippen molar-refractivity contribution in [3.63, 3.8) is 0 Å². The Bertz CT molecular complexity index is 466. The molecule has 0 saturated heterocycles. The van der Waals surface area contributed by atoms with Crippen LogP contribution in [0.15, 0.2) is 30.6 Å². The van der Waals surface area contributed by atoms with Crippen LogP contribution in [0.25, 0.3) is 0 Å². The van der Waals surface area contributed by atoms with Crippen LogP contribution in [0.3, 0.4) is 0 Å². The van der Waals surface area contributed by atoms with Gasteiger partial charge in [0.15, 0.2) is 0 Å². The molecule has 4 heteroatoms. The fraction of sp³-hybridized carbons (Fsp3) is 0.308. The molecule has 0 saturated carbocycles. The van der Waals surface area contributed by atoms with E-state index in [1.807, 2.05) is 13.1 Å². The molecular formula is C13H16FN3. The fourth-order valence-electron chi connectivity index (χ4n) is 1.70. The number of imidazole rings is 1. The van der Waals surface area contributed by atoms with E-state index in [1.54, 1.807) is 18.3 Å². The lowest BCUT2D eigenvalue weighted by Crippen LogP contribution is -2.17. The second-order valence-corrected chi connectivity index (χ2v) is 4.03. The molecule has 1 aromatic heterocycles. The molecule has 2 rings (SSSR count). The summed E-state index contributed by atoms with van der Waals surface area (Å²) in [5, 5.41) is 3.28. The number of benzene rings is 1. The number of rotatable bonds is 5. The average Bonchev–Trinajstić information content (AvgIpc) is 2.82. The van der Waals surface area contributed by atoms with E-state index in [0.29, 0.717) is 6.54 Å². The molecule has 1 heterocycles. The van der Waals surface area contributed by atoms with Gasteiger partial charge in [-0.15, -0.1) is 0 Å². The minimum atomic E-state index is -0.182. The maximum absolute atomic E-state index is 13.0.